The zero-order valence-electron chi connectivity index (χ0n) is 14.4. The Hall–Kier alpha value is -2.37. The number of rotatable bonds is 10. The second kappa shape index (κ2) is 9.70. The molecule has 0 unspecified atom stereocenters. The molecule has 24 heavy (non-hydrogen) atoms. The highest BCUT2D eigenvalue weighted by Gasteiger charge is 2.25. The minimum absolute atomic E-state index is 0.0536. The van der Waals surface area contributed by atoms with Crippen molar-refractivity contribution in [1.29, 1.82) is 0 Å². The third-order valence-corrected chi connectivity index (χ3v) is 4.02. The quantitative estimate of drug-likeness (QED) is 0.641. The van der Waals surface area contributed by atoms with Gasteiger partial charge in [-0.1, -0.05) is 20.3 Å². The van der Waals surface area contributed by atoms with Crippen LogP contribution in [0.15, 0.2) is 24.3 Å². The topological polar surface area (TPSA) is 92.7 Å². The summed E-state index contributed by atoms with van der Waals surface area (Å²) in [6.45, 7) is 3.66. The van der Waals surface area contributed by atoms with Crippen LogP contribution in [0.2, 0.25) is 0 Å². The Bertz CT molecular complexity index is 567. The maximum Gasteiger partial charge on any atom is 0.326 e. The maximum absolute atomic E-state index is 12.0. The summed E-state index contributed by atoms with van der Waals surface area (Å²) < 4.78 is 5.03. The molecule has 2 atom stereocenters. The van der Waals surface area contributed by atoms with Crippen LogP contribution in [0, 0.1) is 5.92 Å². The van der Waals surface area contributed by atoms with E-state index >= 15 is 0 Å². The Labute approximate surface area is 142 Å². The molecule has 1 rings (SSSR count). The summed E-state index contributed by atoms with van der Waals surface area (Å²) >= 11 is 0. The minimum Gasteiger partial charge on any atom is -0.497 e. The molecule has 0 spiro atoms. The molecule has 132 valence electrons. The predicted octanol–water partition coefficient (Wildman–Crippen LogP) is 2.66. The molecule has 1 aromatic rings. The molecule has 6 nitrogen and oxygen atoms in total. The first-order chi connectivity index (χ1) is 11.4. The van der Waals surface area contributed by atoms with Crippen LogP contribution in [0.3, 0.4) is 0 Å². The fraction of sp³-hybridized carbons (Fsp3) is 0.500. The molecule has 6 heteroatoms. The summed E-state index contributed by atoms with van der Waals surface area (Å²) in [6, 6.07) is 5.90. The van der Waals surface area contributed by atoms with Gasteiger partial charge in [-0.2, -0.15) is 0 Å². The highest BCUT2D eigenvalue weighted by atomic mass is 16.5. The van der Waals surface area contributed by atoms with Crippen molar-refractivity contribution < 1.29 is 24.2 Å². The van der Waals surface area contributed by atoms with E-state index in [0.29, 0.717) is 24.2 Å². The lowest BCUT2D eigenvalue weighted by atomic mass is 9.99. The second-order valence-corrected chi connectivity index (χ2v) is 5.77. The van der Waals surface area contributed by atoms with Crippen molar-refractivity contribution in [3.8, 4) is 5.75 Å². The lowest BCUT2D eigenvalue weighted by molar-refractivity contribution is -0.143. The number of carbonyl (C=O) groups excluding carboxylic acids is 2. The number of aliphatic carboxylic acids is 1. The molecule has 0 bridgehead atoms. The molecular formula is C18H25NO5. The van der Waals surface area contributed by atoms with Gasteiger partial charge in [0.25, 0.3) is 0 Å². The first-order valence-corrected chi connectivity index (χ1v) is 8.08. The number of hydrogen-bond acceptors (Lipinski definition) is 4. The van der Waals surface area contributed by atoms with Gasteiger partial charge in [0, 0.05) is 18.4 Å². The van der Waals surface area contributed by atoms with Crippen molar-refractivity contribution in [2.24, 2.45) is 5.92 Å². The molecule has 1 aromatic carbocycles. The number of benzene rings is 1. The number of methoxy groups -OCH3 is 1. The Balaban J connectivity index is 2.43. The van der Waals surface area contributed by atoms with Crippen molar-refractivity contribution >= 4 is 17.7 Å². The first kappa shape index (κ1) is 19.7. The van der Waals surface area contributed by atoms with E-state index in [9.17, 15) is 14.4 Å². The van der Waals surface area contributed by atoms with E-state index in [4.69, 9.17) is 9.84 Å². The van der Waals surface area contributed by atoms with Crippen LogP contribution in [-0.2, 0) is 9.59 Å². The van der Waals surface area contributed by atoms with Gasteiger partial charge in [0.1, 0.15) is 11.8 Å². The molecule has 0 saturated carbocycles. The number of ketones is 1. The maximum atomic E-state index is 12.0. The Kier molecular flexibility index (Phi) is 7.95. The van der Waals surface area contributed by atoms with Gasteiger partial charge in [-0.3, -0.25) is 9.59 Å². The Morgan fingerprint density at radius 1 is 1.17 bits per heavy atom. The molecule has 0 aliphatic carbocycles. The summed E-state index contributed by atoms with van der Waals surface area (Å²) in [5, 5.41) is 11.7. The van der Waals surface area contributed by atoms with Gasteiger partial charge in [-0.25, -0.2) is 4.79 Å². The number of amides is 1. The van der Waals surface area contributed by atoms with E-state index in [1.165, 1.54) is 0 Å². The van der Waals surface area contributed by atoms with E-state index in [2.05, 4.69) is 5.32 Å². The lowest BCUT2D eigenvalue weighted by Gasteiger charge is -2.20. The van der Waals surface area contributed by atoms with Crippen LogP contribution in [0.1, 0.15) is 49.9 Å². The van der Waals surface area contributed by atoms with Crippen LogP contribution in [0.4, 0.5) is 0 Å². The Morgan fingerprint density at radius 3 is 2.29 bits per heavy atom. The van der Waals surface area contributed by atoms with Crippen molar-refractivity contribution in [2.45, 2.75) is 45.6 Å². The molecule has 0 aliphatic rings. The van der Waals surface area contributed by atoms with Crippen molar-refractivity contribution in [2.75, 3.05) is 7.11 Å². The number of carboxylic acids is 1. The monoisotopic (exact) mass is 335 g/mol. The fourth-order valence-electron chi connectivity index (χ4n) is 2.26. The van der Waals surface area contributed by atoms with Crippen LogP contribution >= 0.6 is 0 Å². The third kappa shape index (κ3) is 6.02. The average molecular weight is 335 g/mol. The first-order valence-electron chi connectivity index (χ1n) is 8.08. The van der Waals surface area contributed by atoms with Gasteiger partial charge < -0.3 is 15.2 Å². The molecule has 0 saturated heterocycles. The average Bonchev–Trinajstić information content (AvgIpc) is 2.58. The fourth-order valence-corrected chi connectivity index (χ4v) is 2.26. The zero-order chi connectivity index (χ0) is 18.1. The summed E-state index contributed by atoms with van der Waals surface area (Å²) in [5.74, 6) is -0.900. The minimum atomic E-state index is -1.04. The molecule has 0 heterocycles. The standard InChI is InChI=1S/C18H25NO5/c1-4-12(2)17(18(22)23)19-16(21)7-5-6-15(20)13-8-10-14(24-3)11-9-13/h8-12,17H,4-7H2,1-3H3,(H,19,21)(H,22,23)/t12-,17-/m0/s1. The van der Waals surface area contributed by atoms with Gasteiger partial charge in [0.2, 0.25) is 5.91 Å². The van der Waals surface area contributed by atoms with E-state index in [-0.39, 0.29) is 30.4 Å². The summed E-state index contributed by atoms with van der Waals surface area (Å²) in [5.41, 5.74) is 0.569. The predicted molar refractivity (Wildman–Crippen MR) is 90.2 cm³/mol. The van der Waals surface area contributed by atoms with E-state index in [0.717, 1.165) is 0 Å². The van der Waals surface area contributed by atoms with Crippen molar-refractivity contribution in [1.82, 2.24) is 5.32 Å². The number of carbonyl (C=O) groups is 3. The molecule has 0 radical (unpaired) electrons. The van der Waals surface area contributed by atoms with Gasteiger partial charge >= 0.3 is 5.97 Å². The summed E-state index contributed by atoms with van der Waals surface area (Å²) in [6.07, 6.45) is 1.40. The number of nitrogens with one attached hydrogen (secondary N) is 1. The van der Waals surface area contributed by atoms with Crippen LogP contribution < -0.4 is 10.1 Å². The number of ether oxygens (including phenoxy) is 1. The molecular weight excluding hydrogens is 310 g/mol. The smallest absolute Gasteiger partial charge is 0.326 e. The highest BCUT2D eigenvalue weighted by Crippen LogP contribution is 2.14. The second-order valence-electron chi connectivity index (χ2n) is 5.77. The van der Waals surface area contributed by atoms with Crippen LogP contribution in [-0.4, -0.2) is 35.9 Å². The zero-order valence-corrected chi connectivity index (χ0v) is 14.4. The Morgan fingerprint density at radius 2 is 1.79 bits per heavy atom. The number of carboxylic acid groups (broad SMARTS) is 1. The van der Waals surface area contributed by atoms with Crippen molar-refractivity contribution in [3.63, 3.8) is 0 Å². The molecule has 0 aromatic heterocycles. The van der Waals surface area contributed by atoms with Gasteiger partial charge in [0.05, 0.1) is 7.11 Å². The third-order valence-electron chi connectivity index (χ3n) is 4.02. The van der Waals surface area contributed by atoms with Crippen molar-refractivity contribution in [3.05, 3.63) is 29.8 Å². The van der Waals surface area contributed by atoms with Crippen LogP contribution in [0.25, 0.3) is 0 Å². The van der Waals surface area contributed by atoms with E-state index < -0.39 is 12.0 Å². The molecule has 2 N–H and O–H groups in total. The lowest BCUT2D eigenvalue weighted by Crippen LogP contribution is -2.44. The normalized spacial score (nSPS) is 13.0. The van der Waals surface area contributed by atoms with E-state index in [1.807, 2.05) is 6.92 Å². The van der Waals surface area contributed by atoms with Gasteiger partial charge in [-0.05, 0) is 36.6 Å². The van der Waals surface area contributed by atoms with Crippen LogP contribution in [0.5, 0.6) is 5.75 Å². The number of hydrogen-bond donors (Lipinski definition) is 2. The van der Waals surface area contributed by atoms with Gasteiger partial charge in [0.15, 0.2) is 5.78 Å². The molecule has 0 fully saturated rings. The highest BCUT2D eigenvalue weighted by molar-refractivity contribution is 5.96. The molecule has 0 aliphatic heterocycles. The largest absolute Gasteiger partial charge is 0.497 e. The summed E-state index contributed by atoms with van der Waals surface area (Å²) in [4.78, 5) is 35.1. The summed E-state index contributed by atoms with van der Waals surface area (Å²) in [7, 11) is 1.55. The van der Waals surface area contributed by atoms with Gasteiger partial charge in [-0.15, -0.1) is 0 Å². The van der Waals surface area contributed by atoms with E-state index in [1.54, 1.807) is 38.3 Å². The number of Topliss-reactive ketones (excluding diaryl/α,β-unsaturated/α-hetero) is 1. The SMILES string of the molecule is CC[C@H](C)[C@H](NC(=O)CCCC(=O)c1ccc(OC)cc1)C(=O)O. The molecule has 1 amide bonds.